The van der Waals surface area contributed by atoms with Crippen molar-refractivity contribution in [3.05, 3.63) is 70.3 Å². The molecule has 0 bridgehead atoms. The van der Waals surface area contributed by atoms with Crippen LogP contribution < -0.4 is 5.56 Å². The highest BCUT2D eigenvalue weighted by molar-refractivity contribution is 14.2. The summed E-state index contributed by atoms with van der Waals surface area (Å²) in [5.74, 6) is 3.80. The minimum atomic E-state index is -0.0681. The molecule has 3 rings (SSSR count). The molecule has 0 unspecified atom stereocenters. The molecule has 114 valence electrons. The van der Waals surface area contributed by atoms with E-state index in [-0.39, 0.29) is 5.56 Å². The molecule has 0 fully saturated rings. The Balaban J connectivity index is 2.41. The average molecular weight is 432 g/mol. The SMILES string of the molecule is CCc1nc2cccc(C#CSI)c2c(=O)n1-c1ccccc1. The van der Waals surface area contributed by atoms with E-state index < -0.39 is 0 Å². The topological polar surface area (TPSA) is 34.9 Å². The average Bonchev–Trinajstić information content (AvgIpc) is 2.60. The van der Waals surface area contributed by atoms with E-state index in [0.29, 0.717) is 17.3 Å². The molecule has 3 aromatic rings. The van der Waals surface area contributed by atoms with Gasteiger partial charge in [0.2, 0.25) is 0 Å². The third-order valence-corrected chi connectivity index (χ3v) is 4.36. The summed E-state index contributed by atoms with van der Waals surface area (Å²) in [7, 11) is 1.40. The Kier molecular flexibility index (Phi) is 5.03. The van der Waals surface area contributed by atoms with E-state index in [2.05, 4.69) is 37.4 Å². The molecule has 2 aromatic carbocycles. The lowest BCUT2D eigenvalue weighted by atomic mass is 10.1. The molecule has 0 N–H and O–H groups in total. The van der Waals surface area contributed by atoms with E-state index in [1.54, 1.807) is 4.57 Å². The fourth-order valence-electron chi connectivity index (χ4n) is 2.54. The van der Waals surface area contributed by atoms with Crippen LogP contribution in [-0.2, 0) is 6.42 Å². The first-order chi connectivity index (χ1) is 11.3. The van der Waals surface area contributed by atoms with Gasteiger partial charge >= 0.3 is 0 Å². The van der Waals surface area contributed by atoms with Gasteiger partial charge in [-0.3, -0.25) is 9.36 Å². The Morgan fingerprint density at radius 1 is 1.17 bits per heavy atom. The van der Waals surface area contributed by atoms with Gasteiger partial charge in [0.25, 0.3) is 5.56 Å². The summed E-state index contributed by atoms with van der Waals surface area (Å²) in [6.45, 7) is 2.00. The first-order valence-electron chi connectivity index (χ1n) is 7.15. The van der Waals surface area contributed by atoms with Crippen molar-refractivity contribution in [2.24, 2.45) is 0 Å². The molecule has 0 saturated carbocycles. The van der Waals surface area contributed by atoms with E-state index in [4.69, 9.17) is 0 Å². The van der Waals surface area contributed by atoms with Crippen molar-refractivity contribution in [3.8, 4) is 16.9 Å². The molecule has 0 saturated heterocycles. The smallest absolute Gasteiger partial charge is 0.267 e. The van der Waals surface area contributed by atoms with Crippen LogP contribution in [0.1, 0.15) is 18.3 Å². The van der Waals surface area contributed by atoms with Crippen LogP contribution >= 0.6 is 30.1 Å². The molecule has 1 aromatic heterocycles. The highest BCUT2D eigenvalue weighted by Gasteiger charge is 2.13. The summed E-state index contributed by atoms with van der Waals surface area (Å²) < 4.78 is 1.69. The zero-order valence-electron chi connectivity index (χ0n) is 12.4. The predicted octanol–water partition coefficient (Wildman–Crippen LogP) is 4.34. The van der Waals surface area contributed by atoms with Gasteiger partial charge in [-0.15, -0.1) is 0 Å². The number of aromatic nitrogens is 2. The third-order valence-electron chi connectivity index (χ3n) is 3.52. The molecular formula is C18H13IN2OS. The Hall–Kier alpha value is -1.78. The van der Waals surface area contributed by atoms with Gasteiger partial charge < -0.3 is 0 Å². The summed E-state index contributed by atoms with van der Waals surface area (Å²) in [5.41, 5.74) is 2.18. The number of aryl methyl sites for hydroxylation is 1. The van der Waals surface area contributed by atoms with Gasteiger partial charge in [0.15, 0.2) is 0 Å². The second kappa shape index (κ2) is 7.20. The van der Waals surface area contributed by atoms with E-state index >= 15 is 0 Å². The normalized spacial score (nSPS) is 10.3. The first-order valence-corrected chi connectivity index (χ1v) is 10.5. The number of hydrogen-bond acceptors (Lipinski definition) is 3. The molecule has 1 heterocycles. The van der Waals surface area contributed by atoms with Gasteiger partial charge in [0, 0.05) is 33.2 Å². The third kappa shape index (κ3) is 3.14. The molecule has 0 aliphatic rings. The molecular weight excluding hydrogens is 419 g/mol. The number of hydrogen-bond donors (Lipinski definition) is 0. The Labute approximate surface area is 150 Å². The zero-order valence-corrected chi connectivity index (χ0v) is 15.4. The maximum absolute atomic E-state index is 13.1. The number of para-hydroxylation sites is 1. The minimum Gasteiger partial charge on any atom is -0.268 e. The number of rotatable bonds is 2. The maximum atomic E-state index is 13.1. The van der Waals surface area contributed by atoms with Crippen molar-refractivity contribution < 1.29 is 0 Å². The van der Waals surface area contributed by atoms with Gasteiger partial charge in [0.1, 0.15) is 5.82 Å². The monoisotopic (exact) mass is 432 g/mol. The Morgan fingerprint density at radius 3 is 2.65 bits per heavy atom. The Morgan fingerprint density at radius 2 is 1.96 bits per heavy atom. The number of halogens is 1. The molecule has 5 heteroatoms. The van der Waals surface area contributed by atoms with Crippen LogP contribution in [0, 0.1) is 11.2 Å². The maximum Gasteiger partial charge on any atom is 0.267 e. The van der Waals surface area contributed by atoms with Crippen molar-refractivity contribution in [1.82, 2.24) is 9.55 Å². The van der Waals surface area contributed by atoms with Crippen molar-refractivity contribution in [3.63, 3.8) is 0 Å². The van der Waals surface area contributed by atoms with Crippen LogP contribution in [0.3, 0.4) is 0 Å². The van der Waals surface area contributed by atoms with Crippen molar-refractivity contribution >= 4 is 41.0 Å². The van der Waals surface area contributed by atoms with Crippen molar-refractivity contribution in [2.75, 3.05) is 0 Å². The largest absolute Gasteiger partial charge is 0.268 e. The van der Waals surface area contributed by atoms with Crippen LogP contribution in [0.15, 0.2) is 53.3 Å². The lowest BCUT2D eigenvalue weighted by molar-refractivity contribution is 0.833. The first kappa shape index (κ1) is 16.1. The molecule has 0 radical (unpaired) electrons. The van der Waals surface area contributed by atoms with Crippen LogP contribution in [0.25, 0.3) is 16.6 Å². The molecule has 0 amide bonds. The fraction of sp³-hybridized carbons (Fsp3) is 0.111. The standard InChI is InChI=1S/C18H13IN2OS/c1-2-16-20-15-10-6-7-13(11-12-23-19)17(15)18(22)21(16)14-8-4-3-5-9-14/h3-10H,2H2,1H3. The summed E-state index contributed by atoms with van der Waals surface area (Å²) in [4.78, 5) is 17.8. The highest BCUT2D eigenvalue weighted by Crippen LogP contribution is 2.17. The lowest BCUT2D eigenvalue weighted by Crippen LogP contribution is -2.24. The van der Waals surface area contributed by atoms with Gasteiger partial charge in [-0.05, 0) is 38.5 Å². The van der Waals surface area contributed by atoms with Crippen LogP contribution in [-0.4, -0.2) is 9.55 Å². The number of benzene rings is 2. The quantitative estimate of drug-likeness (QED) is 0.447. The van der Waals surface area contributed by atoms with Crippen LogP contribution in [0.2, 0.25) is 0 Å². The second-order valence-corrected chi connectivity index (χ2v) is 6.54. The lowest BCUT2D eigenvalue weighted by Gasteiger charge is -2.13. The fourth-order valence-corrected chi connectivity index (χ4v) is 3.01. The summed E-state index contributed by atoms with van der Waals surface area (Å²) in [5, 5.41) is 3.52. The summed E-state index contributed by atoms with van der Waals surface area (Å²) in [6.07, 6.45) is 0.680. The van der Waals surface area contributed by atoms with Crippen molar-refractivity contribution in [1.29, 1.82) is 0 Å². The summed E-state index contributed by atoms with van der Waals surface area (Å²) in [6, 6.07) is 15.2. The van der Waals surface area contributed by atoms with Gasteiger partial charge in [0.05, 0.1) is 16.6 Å². The van der Waals surface area contributed by atoms with E-state index in [1.807, 2.05) is 55.5 Å². The molecule has 0 spiro atoms. The minimum absolute atomic E-state index is 0.0681. The predicted molar refractivity (Wildman–Crippen MR) is 105 cm³/mol. The second-order valence-electron chi connectivity index (χ2n) is 4.86. The Bertz CT molecular complexity index is 971. The molecule has 23 heavy (non-hydrogen) atoms. The molecule has 0 aliphatic heterocycles. The molecule has 0 aliphatic carbocycles. The zero-order chi connectivity index (χ0) is 16.2. The van der Waals surface area contributed by atoms with Crippen molar-refractivity contribution in [2.45, 2.75) is 13.3 Å². The summed E-state index contributed by atoms with van der Waals surface area (Å²) >= 11 is 2.12. The number of nitrogens with zero attached hydrogens (tertiary/aromatic N) is 2. The van der Waals surface area contributed by atoms with Gasteiger partial charge in [-0.25, -0.2) is 4.98 Å². The highest BCUT2D eigenvalue weighted by atomic mass is 127. The molecule has 3 nitrogen and oxygen atoms in total. The van der Waals surface area contributed by atoms with E-state index in [9.17, 15) is 4.79 Å². The van der Waals surface area contributed by atoms with Gasteiger partial charge in [-0.2, -0.15) is 0 Å². The number of fused-ring (bicyclic) bond motifs is 1. The molecule has 0 atom stereocenters. The van der Waals surface area contributed by atoms with Crippen LogP contribution in [0.4, 0.5) is 0 Å². The van der Waals surface area contributed by atoms with E-state index in [0.717, 1.165) is 17.1 Å². The van der Waals surface area contributed by atoms with Crippen LogP contribution in [0.5, 0.6) is 0 Å². The van der Waals surface area contributed by atoms with E-state index in [1.165, 1.54) is 8.93 Å². The van der Waals surface area contributed by atoms with Gasteiger partial charge in [-0.1, -0.05) is 37.1 Å².